The SMILES string of the molecule is O=C(CCCOc1cccc(F)c1)NCCN1CCN(c2ncccn2)CC1. The molecule has 1 N–H and O–H groups in total. The smallest absolute Gasteiger partial charge is 0.225 e. The van der Waals surface area contributed by atoms with Gasteiger partial charge in [0.1, 0.15) is 11.6 Å². The minimum Gasteiger partial charge on any atom is -0.493 e. The molecule has 150 valence electrons. The predicted molar refractivity (Wildman–Crippen MR) is 105 cm³/mol. The number of rotatable bonds is 9. The van der Waals surface area contributed by atoms with Gasteiger partial charge in [0.05, 0.1) is 6.61 Å². The highest BCUT2D eigenvalue weighted by molar-refractivity contribution is 5.75. The second-order valence-electron chi connectivity index (χ2n) is 6.64. The lowest BCUT2D eigenvalue weighted by Gasteiger charge is -2.34. The van der Waals surface area contributed by atoms with Gasteiger partial charge in [0.25, 0.3) is 0 Å². The third kappa shape index (κ3) is 6.45. The summed E-state index contributed by atoms with van der Waals surface area (Å²) in [5.74, 6) is 0.947. The molecule has 0 bridgehead atoms. The number of hydrogen-bond acceptors (Lipinski definition) is 6. The summed E-state index contributed by atoms with van der Waals surface area (Å²) >= 11 is 0. The number of nitrogens with zero attached hydrogens (tertiary/aromatic N) is 4. The van der Waals surface area contributed by atoms with E-state index in [1.807, 2.05) is 6.07 Å². The first kappa shape index (κ1) is 20.0. The molecular weight excluding hydrogens is 361 g/mol. The molecule has 0 aliphatic carbocycles. The normalized spacial score (nSPS) is 14.7. The molecule has 0 unspecified atom stereocenters. The van der Waals surface area contributed by atoms with Crippen molar-refractivity contribution >= 4 is 11.9 Å². The van der Waals surface area contributed by atoms with E-state index in [0.717, 1.165) is 38.7 Å². The highest BCUT2D eigenvalue weighted by atomic mass is 19.1. The van der Waals surface area contributed by atoms with Crippen molar-refractivity contribution in [3.8, 4) is 5.75 Å². The average Bonchev–Trinajstić information content (AvgIpc) is 2.72. The van der Waals surface area contributed by atoms with Crippen molar-refractivity contribution in [2.75, 3.05) is 50.8 Å². The van der Waals surface area contributed by atoms with Gasteiger partial charge in [0.15, 0.2) is 0 Å². The molecule has 1 fully saturated rings. The van der Waals surface area contributed by atoms with Crippen LogP contribution in [-0.2, 0) is 4.79 Å². The van der Waals surface area contributed by atoms with E-state index in [-0.39, 0.29) is 11.7 Å². The van der Waals surface area contributed by atoms with Gasteiger partial charge in [-0.05, 0) is 24.6 Å². The number of halogens is 1. The van der Waals surface area contributed by atoms with E-state index in [1.54, 1.807) is 24.5 Å². The topological polar surface area (TPSA) is 70.6 Å². The van der Waals surface area contributed by atoms with Crippen molar-refractivity contribution in [3.63, 3.8) is 0 Å². The van der Waals surface area contributed by atoms with Gasteiger partial charge in [-0.15, -0.1) is 0 Å². The van der Waals surface area contributed by atoms with Crippen LogP contribution in [0.3, 0.4) is 0 Å². The van der Waals surface area contributed by atoms with Crippen molar-refractivity contribution in [3.05, 3.63) is 48.5 Å². The molecule has 0 atom stereocenters. The highest BCUT2D eigenvalue weighted by Crippen LogP contribution is 2.12. The summed E-state index contributed by atoms with van der Waals surface area (Å²) in [4.78, 5) is 25.0. The Labute approximate surface area is 164 Å². The first-order valence-corrected chi connectivity index (χ1v) is 9.60. The number of carbonyl (C=O) groups is 1. The zero-order valence-corrected chi connectivity index (χ0v) is 15.9. The zero-order chi connectivity index (χ0) is 19.6. The van der Waals surface area contributed by atoms with Gasteiger partial charge in [-0.3, -0.25) is 9.69 Å². The number of benzene rings is 1. The minimum atomic E-state index is -0.327. The van der Waals surface area contributed by atoms with Crippen molar-refractivity contribution in [1.29, 1.82) is 0 Å². The highest BCUT2D eigenvalue weighted by Gasteiger charge is 2.18. The van der Waals surface area contributed by atoms with E-state index in [1.165, 1.54) is 12.1 Å². The molecular formula is C20H26FN5O2. The van der Waals surface area contributed by atoms with Crippen LogP contribution in [0.25, 0.3) is 0 Å². The van der Waals surface area contributed by atoms with Gasteiger partial charge in [0, 0.05) is 64.1 Å². The van der Waals surface area contributed by atoms with Crippen LogP contribution in [-0.4, -0.2) is 66.7 Å². The lowest BCUT2D eigenvalue weighted by atomic mass is 10.3. The quantitative estimate of drug-likeness (QED) is 0.661. The Morgan fingerprint density at radius 1 is 1.14 bits per heavy atom. The van der Waals surface area contributed by atoms with Crippen LogP contribution in [0.2, 0.25) is 0 Å². The lowest BCUT2D eigenvalue weighted by molar-refractivity contribution is -0.121. The third-order valence-corrected chi connectivity index (χ3v) is 4.57. The summed E-state index contributed by atoms with van der Waals surface area (Å²) in [7, 11) is 0. The number of nitrogens with one attached hydrogen (secondary N) is 1. The Balaban J connectivity index is 1.24. The van der Waals surface area contributed by atoms with Gasteiger partial charge in [-0.2, -0.15) is 0 Å². The van der Waals surface area contributed by atoms with Crippen LogP contribution in [0, 0.1) is 5.82 Å². The molecule has 28 heavy (non-hydrogen) atoms. The molecule has 8 heteroatoms. The van der Waals surface area contributed by atoms with E-state index < -0.39 is 0 Å². The molecule has 1 aliphatic rings. The van der Waals surface area contributed by atoms with Gasteiger partial charge < -0.3 is 15.0 Å². The van der Waals surface area contributed by atoms with Crippen LogP contribution < -0.4 is 15.0 Å². The molecule has 1 amide bonds. The van der Waals surface area contributed by atoms with Crippen LogP contribution >= 0.6 is 0 Å². The van der Waals surface area contributed by atoms with Crippen LogP contribution in [0.1, 0.15) is 12.8 Å². The van der Waals surface area contributed by atoms with Crippen LogP contribution in [0.4, 0.5) is 10.3 Å². The monoisotopic (exact) mass is 387 g/mol. The Hall–Kier alpha value is -2.74. The molecule has 0 radical (unpaired) electrons. The Morgan fingerprint density at radius 3 is 2.68 bits per heavy atom. The first-order valence-electron chi connectivity index (χ1n) is 9.60. The number of amides is 1. The van der Waals surface area contributed by atoms with Crippen molar-refractivity contribution < 1.29 is 13.9 Å². The van der Waals surface area contributed by atoms with Gasteiger partial charge in [0.2, 0.25) is 11.9 Å². The number of aromatic nitrogens is 2. The predicted octanol–water partition coefficient (Wildman–Crippen LogP) is 1.71. The maximum atomic E-state index is 13.0. The number of piperazine rings is 1. The first-order chi connectivity index (χ1) is 13.7. The molecule has 2 aromatic rings. The number of hydrogen-bond donors (Lipinski definition) is 1. The molecule has 0 saturated carbocycles. The van der Waals surface area contributed by atoms with Gasteiger partial charge >= 0.3 is 0 Å². The maximum Gasteiger partial charge on any atom is 0.225 e. The van der Waals surface area contributed by atoms with Crippen molar-refractivity contribution in [1.82, 2.24) is 20.2 Å². The van der Waals surface area contributed by atoms with E-state index in [4.69, 9.17) is 4.74 Å². The van der Waals surface area contributed by atoms with E-state index >= 15 is 0 Å². The lowest BCUT2D eigenvalue weighted by Crippen LogP contribution is -2.49. The Bertz CT molecular complexity index is 738. The molecule has 1 saturated heterocycles. The average molecular weight is 387 g/mol. The summed E-state index contributed by atoms with van der Waals surface area (Å²) in [6.45, 7) is 5.47. The standard InChI is InChI=1S/C20H26FN5O2/c21-17-4-1-5-18(16-17)28-15-2-6-19(27)22-9-10-25-11-13-26(14-12-25)20-23-7-3-8-24-20/h1,3-5,7-8,16H,2,6,9-15H2,(H,22,27). The van der Waals surface area contributed by atoms with Crippen molar-refractivity contribution in [2.45, 2.75) is 12.8 Å². The zero-order valence-electron chi connectivity index (χ0n) is 15.9. The summed E-state index contributed by atoms with van der Waals surface area (Å²) in [6, 6.07) is 7.83. The largest absolute Gasteiger partial charge is 0.493 e. The van der Waals surface area contributed by atoms with Gasteiger partial charge in [-0.25, -0.2) is 14.4 Å². The number of anilines is 1. The Kier molecular flexibility index (Phi) is 7.54. The molecule has 2 heterocycles. The molecule has 3 rings (SSSR count). The van der Waals surface area contributed by atoms with Crippen molar-refractivity contribution in [2.24, 2.45) is 0 Å². The Morgan fingerprint density at radius 2 is 1.93 bits per heavy atom. The summed E-state index contributed by atoms with van der Waals surface area (Å²) in [5.41, 5.74) is 0. The fourth-order valence-electron chi connectivity index (χ4n) is 3.05. The second-order valence-corrected chi connectivity index (χ2v) is 6.64. The summed E-state index contributed by atoms with van der Waals surface area (Å²) < 4.78 is 18.5. The van der Waals surface area contributed by atoms with Crippen LogP contribution in [0.5, 0.6) is 5.75 Å². The van der Waals surface area contributed by atoms with Gasteiger partial charge in [-0.1, -0.05) is 6.07 Å². The number of carbonyl (C=O) groups excluding carboxylic acids is 1. The molecule has 0 spiro atoms. The molecule has 1 aromatic heterocycles. The second kappa shape index (κ2) is 10.6. The number of ether oxygens (including phenoxy) is 1. The summed E-state index contributed by atoms with van der Waals surface area (Å²) in [6.07, 6.45) is 4.51. The molecule has 7 nitrogen and oxygen atoms in total. The van der Waals surface area contributed by atoms with E-state index in [2.05, 4.69) is 25.1 Å². The molecule has 1 aliphatic heterocycles. The third-order valence-electron chi connectivity index (χ3n) is 4.57. The fourth-order valence-corrected chi connectivity index (χ4v) is 3.05. The molecule has 1 aromatic carbocycles. The maximum absolute atomic E-state index is 13.0. The van der Waals surface area contributed by atoms with E-state index in [9.17, 15) is 9.18 Å². The van der Waals surface area contributed by atoms with E-state index in [0.29, 0.717) is 31.7 Å². The fraction of sp³-hybridized carbons (Fsp3) is 0.450. The minimum absolute atomic E-state index is 0.0131. The van der Waals surface area contributed by atoms with Crippen LogP contribution in [0.15, 0.2) is 42.7 Å². The summed E-state index contributed by atoms with van der Waals surface area (Å²) in [5, 5.41) is 2.95.